The summed E-state index contributed by atoms with van der Waals surface area (Å²) in [5.74, 6) is 2.80. The predicted octanol–water partition coefficient (Wildman–Crippen LogP) is 2.93. The van der Waals surface area contributed by atoms with E-state index in [1.807, 2.05) is 0 Å². The molecule has 1 aliphatic carbocycles. The molecular weight excluding hydrogens is 160 g/mol. The quantitative estimate of drug-likeness (QED) is 0.703. The minimum Gasteiger partial charge on any atom is -0.346 e. The van der Waals surface area contributed by atoms with E-state index in [4.69, 9.17) is 0 Å². The smallest absolute Gasteiger partial charge is 0.109 e. The predicted molar refractivity (Wildman–Crippen MR) is 53.8 cm³/mol. The molecule has 1 aromatic rings. The molecule has 13 heavy (non-hydrogen) atoms. The zero-order valence-electron chi connectivity index (χ0n) is 8.72. The molecule has 1 aromatic heterocycles. The summed E-state index contributed by atoms with van der Waals surface area (Å²) >= 11 is 0. The highest BCUT2D eigenvalue weighted by molar-refractivity contribution is 5.14. The van der Waals surface area contributed by atoms with Crippen molar-refractivity contribution in [1.29, 1.82) is 0 Å². The summed E-state index contributed by atoms with van der Waals surface area (Å²) in [6, 6.07) is 0. The summed E-state index contributed by atoms with van der Waals surface area (Å²) in [5, 5.41) is 0. The minimum absolute atomic E-state index is 0.697. The van der Waals surface area contributed by atoms with Gasteiger partial charge in [0.05, 0.1) is 5.69 Å². The first-order valence-corrected chi connectivity index (χ1v) is 5.20. The van der Waals surface area contributed by atoms with Crippen molar-refractivity contribution in [3.05, 3.63) is 17.2 Å². The van der Waals surface area contributed by atoms with Crippen LogP contribution in [0.1, 0.15) is 49.3 Å². The molecule has 2 heteroatoms. The third-order valence-corrected chi connectivity index (χ3v) is 3.23. The molecule has 2 nitrogen and oxygen atoms in total. The van der Waals surface area contributed by atoms with E-state index < -0.39 is 0 Å². The van der Waals surface area contributed by atoms with E-state index in [0.29, 0.717) is 5.92 Å². The molecule has 0 aliphatic heterocycles. The molecule has 0 radical (unpaired) electrons. The van der Waals surface area contributed by atoms with Gasteiger partial charge < -0.3 is 4.98 Å². The Morgan fingerprint density at radius 3 is 2.54 bits per heavy atom. The van der Waals surface area contributed by atoms with Crippen LogP contribution in [-0.4, -0.2) is 9.97 Å². The highest BCUT2D eigenvalue weighted by Gasteiger charge is 2.25. The molecule has 1 heterocycles. The molecule has 2 atom stereocenters. The zero-order valence-corrected chi connectivity index (χ0v) is 8.72. The molecule has 2 unspecified atom stereocenters. The average Bonchev–Trinajstić information content (AvgIpc) is 2.61. The first-order chi connectivity index (χ1) is 6.16. The van der Waals surface area contributed by atoms with E-state index in [1.165, 1.54) is 30.8 Å². The fourth-order valence-electron chi connectivity index (χ4n) is 2.22. The Hall–Kier alpha value is -0.790. The topological polar surface area (TPSA) is 28.7 Å². The first-order valence-electron chi connectivity index (χ1n) is 5.20. The van der Waals surface area contributed by atoms with Crippen LogP contribution in [0.4, 0.5) is 0 Å². The summed E-state index contributed by atoms with van der Waals surface area (Å²) in [6.45, 7) is 6.51. The number of aryl methyl sites for hydroxylation is 2. The summed E-state index contributed by atoms with van der Waals surface area (Å²) in [4.78, 5) is 7.97. The molecule has 0 bridgehead atoms. The molecule has 1 aliphatic rings. The molecule has 2 rings (SSSR count). The van der Waals surface area contributed by atoms with Gasteiger partial charge in [0.2, 0.25) is 0 Å². The van der Waals surface area contributed by atoms with E-state index in [0.717, 1.165) is 11.6 Å². The van der Waals surface area contributed by atoms with Crippen molar-refractivity contribution in [3.8, 4) is 0 Å². The fourth-order valence-corrected chi connectivity index (χ4v) is 2.22. The van der Waals surface area contributed by atoms with Crippen molar-refractivity contribution >= 4 is 0 Å². The summed E-state index contributed by atoms with van der Waals surface area (Å²) in [5.41, 5.74) is 2.39. The van der Waals surface area contributed by atoms with E-state index in [9.17, 15) is 0 Å². The number of H-pyrrole nitrogens is 1. The van der Waals surface area contributed by atoms with Gasteiger partial charge in [-0.25, -0.2) is 4.98 Å². The lowest BCUT2D eigenvalue weighted by Crippen LogP contribution is -1.96. The lowest BCUT2D eigenvalue weighted by atomic mass is 10.1. The van der Waals surface area contributed by atoms with Crippen LogP contribution in [0.3, 0.4) is 0 Å². The Morgan fingerprint density at radius 1 is 1.31 bits per heavy atom. The van der Waals surface area contributed by atoms with Gasteiger partial charge >= 0.3 is 0 Å². The number of aromatic amines is 1. The van der Waals surface area contributed by atoms with Crippen LogP contribution in [0, 0.1) is 19.8 Å². The molecule has 1 N–H and O–H groups in total. The number of imidazole rings is 1. The van der Waals surface area contributed by atoms with Gasteiger partial charge in [-0.05, 0) is 39.0 Å². The first kappa shape index (κ1) is 8.79. The van der Waals surface area contributed by atoms with Crippen LogP contribution in [0.15, 0.2) is 0 Å². The van der Waals surface area contributed by atoms with E-state index >= 15 is 0 Å². The highest BCUT2D eigenvalue weighted by Crippen LogP contribution is 2.36. The van der Waals surface area contributed by atoms with Gasteiger partial charge in [0, 0.05) is 11.6 Å². The number of aromatic nitrogens is 2. The third kappa shape index (κ3) is 1.62. The van der Waals surface area contributed by atoms with Gasteiger partial charge in [0.25, 0.3) is 0 Å². The second-order valence-corrected chi connectivity index (χ2v) is 4.45. The van der Waals surface area contributed by atoms with Gasteiger partial charge in [-0.1, -0.05) is 6.92 Å². The maximum atomic E-state index is 4.57. The summed E-state index contributed by atoms with van der Waals surface area (Å²) < 4.78 is 0. The summed E-state index contributed by atoms with van der Waals surface area (Å²) in [7, 11) is 0. The Balaban J connectivity index is 2.17. The molecule has 1 saturated carbocycles. The Morgan fingerprint density at radius 2 is 2.08 bits per heavy atom. The normalized spacial score (nSPS) is 28.2. The molecule has 0 spiro atoms. The highest BCUT2D eigenvalue weighted by atomic mass is 14.9. The maximum absolute atomic E-state index is 4.57. The Bertz CT molecular complexity index is 282. The van der Waals surface area contributed by atoms with Crippen LogP contribution in [-0.2, 0) is 0 Å². The molecular formula is C11H18N2. The molecule has 72 valence electrons. The standard InChI is InChI=1S/C11H18N2/c1-7-4-5-10(6-7)11-12-8(2)9(3)13-11/h7,10H,4-6H2,1-3H3,(H,12,13). The second kappa shape index (κ2) is 3.17. The number of nitrogens with one attached hydrogen (secondary N) is 1. The number of nitrogens with zero attached hydrogens (tertiary/aromatic N) is 1. The lowest BCUT2D eigenvalue weighted by Gasteiger charge is -2.04. The molecule has 0 saturated heterocycles. The van der Waals surface area contributed by atoms with Crippen molar-refractivity contribution in [2.24, 2.45) is 5.92 Å². The van der Waals surface area contributed by atoms with Crippen molar-refractivity contribution in [2.45, 2.75) is 46.0 Å². The van der Waals surface area contributed by atoms with Crippen LogP contribution >= 0.6 is 0 Å². The average molecular weight is 178 g/mol. The largest absolute Gasteiger partial charge is 0.346 e. The van der Waals surface area contributed by atoms with E-state index in [-0.39, 0.29) is 0 Å². The number of hydrogen-bond donors (Lipinski definition) is 1. The molecule has 0 amide bonds. The number of rotatable bonds is 1. The van der Waals surface area contributed by atoms with Crippen LogP contribution < -0.4 is 0 Å². The minimum atomic E-state index is 0.697. The summed E-state index contributed by atoms with van der Waals surface area (Å²) in [6.07, 6.45) is 3.99. The second-order valence-electron chi connectivity index (χ2n) is 4.45. The van der Waals surface area contributed by atoms with Crippen LogP contribution in [0.5, 0.6) is 0 Å². The number of hydrogen-bond acceptors (Lipinski definition) is 1. The third-order valence-electron chi connectivity index (χ3n) is 3.23. The molecule has 1 fully saturated rings. The van der Waals surface area contributed by atoms with Gasteiger partial charge in [-0.3, -0.25) is 0 Å². The van der Waals surface area contributed by atoms with E-state index in [1.54, 1.807) is 0 Å². The van der Waals surface area contributed by atoms with Gasteiger partial charge in [-0.15, -0.1) is 0 Å². The van der Waals surface area contributed by atoms with Crippen molar-refractivity contribution in [3.63, 3.8) is 0 Å². The van der Waals surface area contributed by atoms with Crippen molar-refractivity contribution in [2.75, 3.05) is 0 Å². The Labute approximate surface area is 79.8 Å². The van der Waals surface area contributed by atoms with Crippen LogP contribution in [0.2, 0.25) is 0 Å². The monoisotopic (exact) mass is 178 g/mol. The van der Waals surface area contributed by atoms with Gasteiger partial charge in [0.15, 0.2) is 0 Å². The van der Waals surface area contributed by atoms with E-state index in [2.05, 4.69) is 30.7 Å². The molecule has 0 aromatic carbocycles. The Kier molecular flexibility index (Phi) is 2.14. The zero-order chi connectivity index (χ0) is 9.42. The SMILES string of the molecule is Cc1nc(C2CCC(C)C2)[nH]c1C. The maximum Gasteiger partial charge on any atom is 0.109 e. The van der Waals surface area contributed by atoms with Crippen molar-refractivity contribution in [1.82, 2.24) is 9.97 Å². The lowest BCUT2D eigenvalue weighted by molar-refractivity contribution is 0.587. The van der Waals surface area contributed by atoms with Gasteiger partial charge in [-0.2, -0.15) is 0 Å². The van der Waals surface area contributed by atoms with Crippen molar-refractivity contribution < 1.29 is 0 Å². The fraction of sp³-hybridized carbons (Fsp3) is 0.727. The van der Waals surface area contributed by atoms with Crippen LogP contribution in [0.25, 0.3) is 0 Å². The van der Waals surface area contributed by atoms with Gasteiger partial charge in [0.1, 0.15) is 5.82 Å².